The zero-order chi connectivity index (χ0) is 13.1. The van der Waals surface area contributed by atoms with Crippen molar-refractivity contribution < 1.29 is 18.4 Å². The molecule has 0 N–H and O–H groups in total. The highest BCUT2D eigenvalue weighted by Crippen LogP contribution is 2.27. The Labute approximate surface area is 105 Å². The largest absolute Gasteiger partial charge is 0.461 e. The van der Waals surface area contributed by atoms with E-state index in [1.807, 2.05) is 13.0 Å². The van der Waals surface area contributed by atoms with Crippen LogP contribution in [0.1, 0.15) is 36.0 Å². The number of esters is 1. The molecule has 0 fully saturated rings. The molecule has 0 aliphatic rings. The molecule has 0 aromatic carbocycles. The van der Waals surface area contributed by atoms with E-state index in [0.717, 1.165) is 12.2 Å². The van der Waals surface area contributed by atoms with Crippen molar-refractivity contribution in [2.75, 3.05) is 6.61 Å². The number of oxazole rings is 1. The number of nitrogens with zero attached hydrogens (tertiary/aromatic N) is 1. The molecule has 0 spiro atoms. The lowest BCUT2D eigenvalue weighted by Gasteiger charge is -1.98. The third-order valence-corrected chi connectivity index (χ3v) is 2.44. The van der Waals surface area contributed by atoms with Gasteiger partial charge < -0.3 is 13.6 Å². The molecule has 96 valence electrons. The van der Waals surface area contributed by atoms with E-state index in [9.17, 15) is 4.79 Å². The SMILES string of the molecule is CCOC(=O)c1nc(C)oc1-c1ccc(CC)o1. The number of aromatic nitrogens is 1. The summed E-state index contributed by atoms with van der Waals surface area (Å²) in [6.45, 7) is 5.70. The van der Waals surface area contributed by atoms with Gasteiger partial charge >= 0.3 is 5.97 Å². The van der Waals surface area contributed by atoms with Crippen LogP contribution in [0.25, 0.3) is 11.5 Å². The lowest BCUT2D eigenvalue weighted by molar-refractivity contribution is 0.0520. The Bertz CT molecular complexity index is 553. The van der Waals surface area contributed by atoms with Crippen LogP contribution in [0.3, 0.4) is 0 Å². The molecule has 2 heterocycles. The van der Waals surface area contributed by atoms with Gasteiger partial charge in [0.05, 0.1) is 6.61 Å². The number of carbonyl (C=O) groups excluding carboxylic acids is 1. The third kappa shape index (κ3) is 2.30. The van der Waals surface area contributed by atoms with Crippen LogP contribution in [0, 0.1) is 6.92 Å². The van der Waals surface area contributed by atoms with Gasteiger partial charge in [-0.2, -0.15) is 0 Å². The summed E-state index contributed by atoms with van der Waals surface area (Å²) in [5.41, 5.74) is 0.159. The molecule has 0 amide bonds. The Morgan fingerprint density at radius 2 is 2.11 bits per heavy atom. The predicted molar refractivity (Wildman–Crippen MR) is 64.3 cm³/mol. The normalized spacial score (nSPS) is 10.6. The number of carbonyl (C=O) groups is 1. The molecule has 2 aromatic heterocycles. The van der Waals surface area contributed by atoms with Gasteiger partial charge in [-0.3, -0.25) is 0 Å². The summed E-state index contributed by atoms with van der Waals surface area (Å²) < 4.78 is 15.9. The summed E-state index contributed by atoms with van der Waals surface area (Å²) in [5, 5.41) is 0. The molecule has 0 unspecified atom stereocenters. The van der Waals surface area contributed by atoms with Crippen molar-refractivity contribution in [2.24, 2.45) is 0 Å². The first-order valence-electron chi connectivity index (χ1n) is 5.89. The lowest BCUT2D eigenvalue weighted by Crippen LogP contribution is -2.06. The number of hydrogen-bond acceptors (Lipinski definition) is 5. The van der Waals surface area contributed by atoms with Gasteiger partial charge in [0.1, 0.15) is 5.76 Å². The number of aryl methyl sites for hydroxylation is 2. The van der Waals surface area contributed by atoms with Gasteiger partial charge in [0.15, 0.2) is 17.3 Å². The minimum atomic E-state index is -0.501. The van der Waals surface area contributed by atoms with Gasteiger partial charge in [-0.05, 0) is 19.1 Å². The van der Waals surface area contributed by atoms with E-state index in [2.05, 4.69) is 4.98 Å². The number of hydrogen-bond donors (Lipinski definition) is 0. The molecule has 0 aliphatic carbocycles. The molecule has 0 saturated heterocycles. The fourth-order valence-corrected chi connectivity index (χ4v) is 1.62. The van der Waals surface area contributed by atoms with Crippen LogP contribution in [0.5, 0.6) is 0 Å². The zero-order valence-corrected chi connectivity index (χ0v) is 10.6. The molecule has 0 radical (unpaired) electrons. The summed E-state index contributed by atoms with van der Waals surface area (Å²) in [6, 6.07) is 3.61. The van der Waals surface area contributed by atoms with E-state index in [-0.39, 0.29) is 5.69 Å². The number of furan rings is 1. The second-order valence-electron chi connectivity index (χ2n) is 3.75. The highest BCUT2D eigenvalue weighted by Gasteiger charge is 2.23. The Kier molecular flexibility index (Phi) is 3.50. The smallest absolute Gasteiger partial charge is 0.361 e. The van der Waals surface area contributed by atoms with E-state index in [1.54, 1.807) is 19.9 Å². The Morgan fingerprint density at radius 1 is 1.33 bits per heavy atom. The van der Waals surface area contributed by atoms with E-state index in [0.29, 0.717) is 24.0 Å². The first-order chi connectivity index (χ1) is 8.65. The van der Waals surface area contributed by atoms with Crippen LogP contribution in [0.2, 0.25) is 0 Å². The Morgan fingerprint density at radius 3 is 2.72 bits per heavy atom. The molecule has 0 atom stereocenters. The van der Waals surface area contributed by atoms with Gasteiger partial charge in [0, 0.05) is 13.3 Å². The maximum absolute atomic E-state index is 11.7. The third-order valence-electron chi connectivity index (χ3n) is 2.44. The fraction of sp³-hybridized carbons (Fsp3) is 0.385. The molecule has 2 aromatic rings. The van der Waals surface area contributed by atoms with E-state index >= 15 is 0 Å². The van der Waals surface area contributed by atoms with Crippen molar-refractivity contribution >= 4 is 5.97 Å². The molecule has 0 saturated carbocycles. The van der Waals surface area contributed by atoms with Crippen molar-refractivity contribution in [3.63, 3.8) is 0 Å². The van der Waals surface area contributed by atoms with Crippen molar-refractivity contribution in [1.82, 2.24) is 4.98 Å². The minimum absolute atomic E-state index is 0.159. The zero-order valence-electron chi connectivity index (χ0n) is 10.6. The van der Waals surface area contributed by atoms with Crippen molar-refractivity contribution in [3.8, 4) is 11.5 Å². The van der Waals surface area contributed by atoms with Gasteiger partial charge in [-0.25, -0.2) is 9.78 Å². The van der Waals surface area contributed by atoms with Gasteiger partial charge in [0.25, 0.3) is 0 Å². The van der Waals surface area contributed by atoms with E-state index < -0.39 is 5.97 Å². The summed E-state index contributed by atoms with van der Waals surface area (Å²) in [6.07, 6.45) is 0.780. The number of ether oxygens (including phenoxy) is 1. The highest BCUT2D eigenvalue weighted by molar-refractivity contribution is 5.93. The Hall–Kier alpha value is -2.04. The molecule has 18 heavy (non-hydrogen) atoms. The maximum atomic E-state index is 11.7. The highest BCUT2D eigenvalue weighted by atomic mass is 16.5. The van der Waals surface area contributed by atoms with Gasteiger partial charge in [-0.1, -0.05) is 6.92 Å². The monoisotopic (exact) mass is 249 g/mol. The second-order valence-corrected chi connectivity index (χ2v) is 3.75. The van der Waals surface area contributed by atoms with Crippen LogP contribution in [-0.4, -0.2) is 17.6 Å². The minimum Gasteiger partial charge on any atom is -0.461 e. The topological polar surface area (TPSA) is 65.5 Å². The molecular weight excluding hydrogens is 234 g/mol. The van der Waals surface area contributed by atoms with Crippen LogP contribution >= 0.6 is 0 Å². The molecule has 2 rings (SSSR count). The molecule has 5 nitrogen and oxygen atoms in total. The fourth-order valence-electron chi connectivity index (χ4n) is 1.62. The predicted octanol–water partition coefficient (Wildman–Crippen LogP) is 2.98. The first kappa shape index (κ1) is 12.4. The van der Waals surface area contributed by atoms with Crippen molar-refractivity contribution in [2.45, 2.75) is 27.2 Å². The summed E-state index contributed by atoms with van der Waals surface area (Å²) in [4.78, 5) is 15.8. The van der Waals surface area contributed by atoms with Crippen LogP contribution in [0.4, 0.5) is 0 Å². The summed E-state index contributed by atoms with van der Waals surface area (Å²) in [5.74, 6) is 1.55. The Balaban J connectivity index is 2.40. The average molecular weight is 249 g/mol. The number of rotatable bonds is 4. The molecule has 0 aliphatic heterocycles. The van der Waals surface area contributed by atoms with Crippen molar-refractivity contribution in [1.29, 1.82) is 0 Å². The average Bonchev–Trinajstić information content (AvgIpc) is 2.95. The van der Waals surface area contributed by atoms with Crippen LogP contribution < -0.4 is 0 Å². The maximum Gasteiger partial charge on any atom is 0.361 e. The van der Waals surface area contributed by atoms with Gasteiger partial charge in [-0.15, -0.1) is 0 Å². The lowest BCUT2D eigenvalue weighted by atomic mass is 10.3. The second kappa shape index (κ2) is 5.08. The summed E-state index contributed by atoms with van der Waals surface area (Å²) in [7, 11) is 0. The first-order valence-corrected chi connectivity index (χ1v) is 5.89. The molecule has 5 heteroatoms. The van der Waals surface area contributed by atoms with Crippen LogP contribution in [0.15, 0.2) is 21.0 Å². The van der Waals surface area contributed by atoms with Crippen molar-refractivity contribution in [3.05, 3.63) is 29.5 Å². The standard InChI is InChI=1S/C13H15NO4/c1-4-9-6-7-10(18-9)12-11(13(15)16-5-2)14-8(3)17-12/h6-7H,4-5H2,1-3H3. The van der Waals surface area contributed by atoms with E-state index in [1.165, 1.54) is 0 Å². The quantitative estimate of drug-likeness (QED) is 0.779. The van der Waals surface area contributed by atoms with Crippen LogP contribution in [-0.2, 0) is 11.2 Å². The summed E-state index contributed by atoms with van der Waals surface area (Å²) >= 11 is 0. The van der Waals surface area contributed by atoms with E-state index in [4.69, 9.17) is 13.6 Å². The molecule has 0 bridgehead atoms. The molecular formula is C13H15NO4. The van der Waals surface area contributed by atoms with Gasteiger partial charge in [0.2, 0.25) is 5.76 Å².